The number of rotatable bonds is 2. The maximum absolute atomic E-state index is 8.94. The van der Waals surface area contributed by atoms with Crippen LogP contribution < -0.4 is 0 Å². The molecule has 0 aliphatic carbocycles. The minimum Gasteiger partial charge on any atom is -0.294 e. The molecule has 0 aliphatic heterocycles. The summed E-state index contributed by atoms with van der Waals surface area (Å²) in [5.41, 5.74) is 2.57. The van der Waals surface area contributed by atoms with E-state index in [2.05, 4.69) is 16.0 Å². The third-order valence-corrected chi connectivity index (χ3v) is 3.15. The number of hydrogen-bond acceptors (Lipinski definition) is 3. The van der Waals surface area contributed by atoms with Gasteiger partial charge >= 0.3 is 0 Å². The molecule has 0 aliphatic rings. The van der Waals surface area contributed by atoms with Gasteiger partial charge in [0.25, 0.3) is 0 Å². The number of pyridine rings is 1. The SMILES string of the molecule is N#CCc1nc2ccccc2n1-c1ccncc1Cl. The standard InChI is InChI=1S/C14H9ClN4/c15-10-9-17-8-6-12(10)19-13-4-2-1-3-11(13)18-14(19)5-7-16/h1-4,6,8-9H,5H2. The molecule has 0 bridgehead atoms. The van der Waals surface area contributed by atoms with Crippen LogP contribution in [-0.4, -0.2) is 14.5 Å². The molecule has 5 heteroatoms. The van der Waals surface area contributed by atoms with Gasteiger partial charge < -0.3 is 0 Å². The van der Waals surface area contributed by atoms with Crippen molar-refractivity contribution in [3.8, 4) is 11.8 Å². The first kappa shape index (κ1) is 11.7. The Morgan fingerprint density at radius 3 is 2.89 bits per heavy atom. The molecule has 0 saturated carbocycles. The first-order chi connectivity index (χ1) is 9.31. The van der Waals surface area contributed by atoms with E-state index in [1.54, 1.807) is 12.4 Å². The molecule has 0 fully saturated rings. The van der Waals surface area contributed by atoms with Gasteiger partial charge in [0.15, 0.2) is 0 Å². The predicted octanol–water partition coefficient (Wildman–Crippen LogP) is 3.14. The average Bonchev–Trinajstić information content (AvgIpc) is 2.78. The molecule has 1 aromatic carbocycles. The normalized spacial score (nSPS) is 10.5. The number of imidazole rings is 1. The van der Waals surface area contributed by atoms with E-state index >= 15 is 0 Å². The molecule has 0 saturated heterocycles. The Morgan fingerprint density at radius 1 is 1.26 bits per heavy atom. The predicted molar refractivity (Wildman–Crippen MR) is 73.2 cm³/mol. The Hall–Kier alpha value is -2.38. The lowest BCUT2D eigenvalue weighted by Gasteiger charge is -2.08. The van der Waals surface area contributed by atoms with Gasteiger partial charge in [-0.15, -0.1) is 0 Å². The smallest absolute Gasteiger partial charge is 0.128 e. The van der Waals surface area contributed by atoms with Crippen LogP contribution in [0.2, 0.25) is 5.02 Å². The Kier molecular flexibility index (Phi) is 2.90. The summed E-state index contributed by atoms with van der Waals surface area (Å²) in [7, 11) is 0. The molecule has 0 atom stereocenters. The fraction of sp³-hybridized carbons (Fsp3) is 0.0714. The summed E-state index contributed by atoms with van der Waals surface area (Å²) < 4.78 is 1.91. The van der Waals surface area contributed by atoms with Gasteiger partial charge in [0, 0.05) is 12.4 Å². The monoisotopic (exact) mass is 268 g/mol. The second-order valence-electron chi connectivity index (χ2n) is 4.01. The van der Waals surface area contributed by atoms with Crippen molar-refractivity contribution in [3.05, 3.63) is 53.6 Å². The molecule has 0 radical (unpaired) electrons. The number of nitrogens with zero attached hydrogens (tertiary/aromatic N) is 4. The zero-order chi connectivity index (χ0) is 13.2. The van der Waals surface area contributed by atoms with Gasteiger partial charge in [-0.2, -0.15) is 5.26 Å². The maximum Gasteiger partial charge on any atom is 0.128 e. The highest BCUT2D eigenvalue weighted by Gasteiger charge is 2.13. The highest BCUT2D eigenvalue weighted by Crippen LogP contribution is 2.26. The molecular weight excluding hydrogens is 260 g/mol. The van der Waals surface area contributed by atoms with Crippen LogP contribution in [-0.2, 0) is 6.42 Å². The Morgan fingerprint density at radius 2 is 2.11 bits per heavy atom. The zero-order valence-corrected chi connectivity index (χ0v) is 10.7. The quantitative estimate of drug-likeness (QED) is 0.717. The molecule has 3 aromatic rings. The van der Waals surface area contributed by atoms with E-state index in [4.69, 9.17) is 16.9 Å². The molecule has 0 N–H and O–H groups in total. The zero-order valence-electron chi connectivity index (χ0n) is 9.92. The van der Waals surface area contributed by atoms with Crippen LogP contribution in [0.5, 0.6) is 0 Å². The van der Waals surface area contributed by atoms with Crippen LogP contribution >= 0.6 is 11.6 Å². The lowest BCUT2D eigenvalue weighted by molar-refractivity contribution is 0.951. The molecule has 4 nitrogen and oxygen atoms in total. The lowest BCUT2D eigenvalue weighted by atomic mass is 10.3. The van der Waals surface area contributed by atoms with Crippen molar-refractivity contribution >= 4 is 22.6 Å². The van der Waals surface area contributed by atoms with Gasteiger partial charge in [-0.3, -0.25) is 9.55 Å². The highest BCUT2D eigenvalue weighted by atomic mass is 35.5. The van der Waals surface area contributed by atoms with Gasteiger partial charge in [-0.05, 0) is 18.2 Å². The van der Waals surface area contributed by atoms with Gasteiger partial charge in [0.2, 0.25) is 0 Å². The van der Waals surface area contributed by atoms with Crippen molar-refractivity contribution in [2.75, 3.05) is 0 Å². The van der Waals surface area contributed by atoms with Crippen molar-refractivity contribution in [1.29, 1.82) is 5.26 Å². The number of fused-ring (bicyclic) bond motifs is 1. The summed E-state index contributed by atoms with van der Waals surface area (Å²) in [5.74, 6) is 0.678. The van der Waals surface area contributed by atoms with Crippen molar-refractivity contribution < 1.29 is 0 Å². The van der Waals surface area contributed by atoms with E-state index in [0.29, 0.717) is 10.8 Å². The molecule has 0 unspecified atom stereocenters. The summed E-state index contributed by atoms with van der Waals surface area (Å²) in [6.07, 6.45) is 3.49. The summed E-state index contributed by atoms with van der Waals surface area (Å²) in [5, 5.41) is 9.47. The summed E-state index contributed by atoms with van der Waals surface area (Å²) in [4.78, 5) is 8.46. The molecule has 0 spiro atoms. The highest BCUT2D eigenvalue weighted by molar-refractivity contribution is 6.32. The minimum atomic E-state index is 0.229. The minimum absolute atomic E-state index is 0.229. The second kappa shape index (κ2) is 4.71. The van der Waals surface area contributed by atoms with E-state index in [1.807, 2.05) is 34.9 Å². The van der Waals surface area contributed by atoms with E-state index < -0.39 is 0 Å². The van der Waals surface area contributed by atoms with Crippen LogP contribution in [0.4, 0.5) is 0 Å². The van der Waals surface area contributed by atoms with Gasteiger partial charge in [-0.25, -0.2) is 4.98 Å². The van der Waals surface area contributed by atoms with Crippen LogP contribution in [0.3, 0.4) is 0 Å². The Labute approximate surface area is 114 Å². The van der Waals surface area contributed by atoms with Gasteiger partial charge in [-0.1, -0.05) is 23.7 Å². The van der Waals surface area contributed by atoms with E-state index in [0.717, 1.165) is 16.7 Å². The molecule has 92 valence electrons. The first-order valence-electron chi connectivity index (χ1n) is 5.74. The van der Waals surface area contributed by atoms with Crippen molar-refractivity contribution in [2.45, 2.75) is 6.42 Å². The Bertz CT molecular complexity index is 785. The number of halogens is 1. The number of benzene rings is 1. The summed E-state index contributed by atoms with van der Waals surface area (Å²) >= 11 is 6.19. The fourth-order valence-electron chi connectivity index (χ4n) is 2.08. The number of para-hydroxylation sites is 2. The topological polar surface area (TPSA) is 54.5 Å². The van der Waals surface area contributed by atoms with Crippen molar-refractivity contribution in [3.63, 3.8) is 0 Å². The first-order valence-corrected chi connectivity index (χ1v) is 6.12. The molecule has 2 aromatic heterocycles. The molecule has 19 heavy (non-hydrogen) atoms. The number of aromatic nitrogens is 3. The molecule has 3 rings (SSSR count). The van der Waals surface area contributed by atoms with Gasteiger partial charge in [0.1, 0.15) is 5.82 Å². The van der Waals surface area contributed by atoms with Crippen LogP contribution in [0.1, 0.15) is 5.82 Å². The fourth-order valence-corrected chi connectivity index (χ4v) is 2.29. The average molecular weight is 269 g/mol. The molecule has 2 heterocycles. The molecular formula is C14H9ClN4. The van der Waals surface area contributed by atoms with Crippen LogP contribution in [0.25, 0.3) is 16.7 Å². The lowest BCUT2D eigenvalue weighted by Crippen LogP contribution is -2.01. The van der Waals surface area contributed by atoms with Crippen LogP contribution in [0, 0.1) is 11.3 Å². The second-order valence-corrected chi connectivity index (χ2v) is 4.42. The Balaban J connectivity index is 2.35. The summed E-state index contributed by atoms with van der Waals surface area (Å²) in [6, 6.07) is 11.7. The maximum atomic E-state index is 8.94. The molecule has 0 amide bonds. The van der Waals surface area contributed by atoms with Gasteiger partial charge in [0.05, 0.1) is 34.2 Å². The third kappa shape index (κ3) is 1.94. The van der Waals surface area contributed by atoms with Crippen LogP contribution in [0.15, 0.2) is 42.7 Å². The van der Waals surface area contributed by atoms with E-state index in [-0.39, 0.29) is 6.42 Å². The number of hydrogen-bond donors (Lipinski definition) is 0. The van der Waals surface area contributed by atoms with E-state index in [1.165, 1.54) is 0 Å². The summed E-state index contributed by atoms with van der Waals surface area (Å²) in [6.45, 7) is 0. The largest absolute Gasteiger partial charge is 0.294 e. The van der Waals surface area contributed by atoms with Crippen molar-refractivity contribution in [2.24, 2.45) is 0 Å². The van der Waals surface area contributed by atoms with Crippen molar-refractivity contribution in [1.82, 2.24) is 14.5 Å². The number of nitriles is 1. The third-order valence-electron chi connectivity index (χ3n) is 2.86. The van der Waals surface area contributed by atoms with E-state index in [9.17, 15) is 0 Å².